The molecular formula is C14H14Cl2N2O2. The van der Waals surface area contributed by atoms with E-state index in [0.29, 0.717) is 28.7 Å². The molecule has 1 aliphatic carbocycles. The Kier molecular flexibility index (Phi) is 3.61. The zero-order chi connectivity index (χ0) is 14.3. The van der Waals surface area contributed by atoms with Crippen LogP contribution in [-0.2, 0) is 9.59 Å². The number of benzene rings is 1. The Labute approximate surface area is 127 Å². The summed E-state index contributed by atoms with van der Waals surface area (Å²) in [5.74, 6) is 0.115. The highest BCUT2D eigenvalue weighted by molar-refractivity contribution is 6.35. The molecule has 0 radical (unpaired) electrons. The standard InChI is InChI=1S/C14H14Cl2N2O2/c15-9-5-10(16)7-11(6-9)18-4-3-12(19)17-13(14(18)20)8-1-2-8/h5-8,13H,1-4H2,(H,17,19). The maximum absolute atomic E-state index is 12.6. The highest BCUT2D eigenvalue weighted by atomic mass is 35.5. The van der Waals surface area contributed by atoms with Gasteiger partial charge in [-0.15, -0.1) is 0 Å². The summed E-state index contributed by atoms with van der Waals surface area (Å²) in [4.78, 5) is 26.0. The molecule has 4 nitrogen and oxygen atoms in total. The van der Waals surface area contributed by atoms with Crippen molar-refractivity contribution >= 4 is 40.7 Å². The molecule has 1 aromatic carbocycles. The number of hydrogen-bond acceptors (Lipinski definition) is 2. The molecule has 0 spiro atoms. The molecule has 20 heavy (non-hydrogen) atoms. The fourth-order valence-electron chi connectivity index (χ4n) is 2.50. The number of carbonyl (C=O) groups is 2. The summed E-state index contributed by atoms with van der Waals surface area (Å²) in [5.41, 5.74) is 0.648. The van der Waals surface area contributed by atoms with Gasteiger partial charge < -0.3 is 10.2 Å². The predicted octanol–water partition coefficient (Wildman–Crippen LogP) is 2.62. The van der Waals surface area contributed by atoms with Crippen LogP contribution >= 0.6 is 23.2 Å². The highest BCUT2D eigenvalue weighted by Gasteiger charge is 2.41. The summed E-state index contributed by atoms with van der Waals surface area (Å²) in [7, 11) is 0. The van der Waals surface area contributed by atoms with E-state index in [-0.39, 0.29) is 17.7 Å². The summed E-state index contributed by atoms with van der Waals surface area (Å²) in [6.07, 6.45) is 2.26. The van der Waals surface area contributed by atoms with Crippen LogP contribution in [0.5, 0.6) is 0 Å². The van der Waals surface area contributed by atoms with Gasteiger partial charge in [0.2, 0.25) is 11.8 Å². The van der Waals surface area contributed by atoms with E-state index in [1.54, 1.807) is 23.1 Å². The molecule has 1 atom stereocenters. The zero-order valence-corrected chi connectivity index (χ0v) is 12.2. The lowest BCUT2D eigenvalue weighted by atomic mass is 10.1. The van der Waals surface area contributed by atoms with E-state index >= 15 is 0 Å². The number of hydrogen-bond donors (Lipinski definition) is 1. The van der Waals surface area contributed by atoms with E-state index < -0.39 is 6.04 Å². The van der Waals surface area contributed by atoms with Gasteiger partial charge in [0.05, 0.1) is 0 Å². The first-order chi connectivity index (χ1) is 9.54. The monoisotopic (exact) mass is 312 g/mol. The second kappa shape index (κ2) is 5.26. The third kappa shape index (κ3) is 2.76. The molecule has 1 aromatic rings. The molecule has 1 heterocycles. The average Bonchev–Trinajstić information content (AvgIpc) is 3.18. The van der Waals surface area contributed by atoms with Crippen molar-refractivity contribution in [3.8, 4) is 0 Å². The first kappa shape index (κ1) is 13.7. The van der Waals surface area contributed by atoms with Crippen LogP contribution in [0, 0.1) is 5.92 Å². The van der Waals surface area contributed by atoms with Gasteiger partial charge in [-0.2, -0.15) is 0 Å². The average molecular weight is 313 g/mol. The first-order valence-corrected chi connectivity index (χ1v) is 7.37. The van der Waals surface area contributed by atoms with Crippen molar-refractivity contribution in [1.82, 2.24) is 5.32 Å². The maximum atomic E-state index is 12.6. The van der Waals surface area contributed by atoms with Crippen molar-refractivity contribution in [3.63, 3.8) is 0 Å². The van der Waals surface area contributed by atoms with Gasteiger partial charge in [-0.3, -0.25) is 9.59 Å². The number of nitrogens with one attached hydrogen (secondary N) is 1. The SMILES string of the molecule is O=C1CCN(c2cc(Cl)cc(Cl)c2)C(=O)C(C2CC2)N1. The van der Waals surface area contributed by atoms with Gasteiger partial charge in [-0.1, -0.05) is 23.2 Å². The van der Waals surface area contributed by atoms with Crippen molar-refractivity contribution in [3.05, 3.63) is 28.2 Å². The molecule has 0 aromatic heterocycles. The molecular weight excluding hydrogens is 299 g/mol. The molecule has 0 bridgehead atoms. The largest absolute Gasteiger partial charge is 0.344 e. The normalized spacial score (nSPS) is 23.5. The fourth-order valence-corrected chi connectivity index (χ4v) is 3.01. The van der Waals surface area contributed by atoms with Gasteiger partial charge >= 0.3 is 0 Å². The number of carbonyl (C=O) groups excluding carboxylic acids is 2. The number of halogens is 2. The number of nitrogens with zero attached hydrogens (tertiary/aromatic N) is 1. The zero-order valence-electron chi connectivity index (χ0n) is 10.7. The van der Waals surface area contributed by atoms with E-state index in [1.165, 1.54) is 0 Å². The molecule has 6 heteroatoms. The Hall–Kier alpha value is -1.26. The van der Waals surface area contributed by atoms with Gasteiger partial charge in [0, 0.05) is 28.7 Å². The van der Waals surface area contributed by atoms with E-state index in [0.717, 1.165) is 12.8 Å². The van der Waals surface area contributed by atoms with E-state index in [2.05, 4.69) is 5.32 Å². The van der Waals surface area contributed by atoms with E-state index in [1.807, 2.05) is 0 Å². The van der Waals surface area contributed by atoms with Crippen LogP contribution in [0.15, 0.2) is 18.2 Å². The smallest absolute Gasteiger partial charge is 0.249 e. The van der Waals surface area contributed by atoms with Gasteiger partial charge in [-0.25, -0.2) is 0 Å². The van der Waals surface area contributed by atoms with Gasteiger partial charge in [0.15, 0.2) is 0 Å². The minimum absolute atomic E-state index is 0.0725. The van der Waals surface area contributed by atoms with Gasteiger partial charge in [0.25, 0.3) is 0 Å². The number of amides is 2. The van der Waals surface area contributed by atoms with E-state index in [9.17, 15) is 9.59 Å². The first-order valence-electron chi connectivity index (χ1n) is 6.61. The van der Waals surface area contributed by atoms with Crippen LogP contribution in [-0.4, -0.2) is 24.4 Å². The molecule has 1 saturated carbocycles. The van der Waals surface area contributed by atoms with Gasteiger partial charge in [-0.05, 0) is 37.0 Å². The van der Waals surface area contributed by atoms with Gasteiger partial charge in [0.1, 0.15) is 6.04 Å². The second-order valence-electron chi connectivity index (χ2n) is 5.25. The lowest BCUT2D eigenvalue weighted by Crippen LogP contribution is -2.46. The van der Waals surface area contributed by atoms with Crippen LogP contribution in [0.1, 0.15) is 19.3 Å². The Morgan fingerprint density at radius 2 is 1.75 bits per heavy atom. The topological polar surface area (TPSA) is 49.4 Å². The maximum Gasteiger partial charge on any atom is 0.249 e. The molecule has 1 aliphatic heterocycles. The fraction of sp³-hybridized carbons (Fsp3) is 0.429. The van der Waals surface area contributed by atoms with Crippen molar-refractivity contribution in [2.45, 2.75) is 25.3 Å². The van der Waals surface area contributed by atoms with Crippen molar-refractivity contribution in [2.24, 2.45) is 5.92 Å². The molecule has 3 rings (SSSR count). The lowest BCUT2D eigenvalue weighted by molar-refractivity contribution is -0.126. The van der Waals surface area contributed by atoms with Crippen molar-refractivity contribution < 1.29 is 9.59 Å². The summed E-state index contributed by atoms with van der Waals surface area (Å²) < 4.78 is 0. The Morgan fingerprint density at radius 3 is 2.35 bits per heavy atom. The third-order valence-corrected chi connectivity index (χ3v) is 4.10. The summed E-state index contributed by atoms with van der Waals surface area (Å²) in [6, 6.07) is 4.61. The minimum atomic E-state index is -0.414. The van der Waals surface area contributed by atoms with Crippen LogP contribution in [0.25, 0.3) is 0 Å². The van der Waals surface area contributed by atoms with Crippen molar-refractivity contribution in [2.75, 3.05) is 11.4 Å². The second-order valence-corrected chi connectivity index (χ2v) is 6.12. The summed E-state index contributed by atoms with van der Waals surface area (Å²) >= 11 is 12.0. The third-order valence-electron chi connectivity index (χ3n) is 3.66. The highest BCUT2D eigenvalue weighted by Crippen LogP contribution is 2.35. The molecule has 1 unspecified atom stereocenters. The number of rotatable bonds is 2. The summed E-state index contributed by atoms with van der Waals surface area (Å²) in [6.45, 7) is 0.352. The Balaban J connectivity index is 1.93. The van der Waals surface area contributed by atoms with Crippen LogP contribution < -0.4 is 10.2 Å². The molecule has 2 amide bonds. The Morgan fingerprint density at radius 1 is 1.10 bits per heavy atom. The van der Waals surface area contributed by atoms with Crippen LogP contribution in [0.3, 0.4) is 0 Å². The minimum Gasteiger partial charge on any atom is -0.344 e. The molecule has 1 N–H and O–H groups in total. The summed E-state index contributed by atoms with van der Waals surface area (Å²) in [5, 5.41) is 3.78. The predicted molar refractivity (Wildman–Crippen MR) is 78.1 cm³/mol. The van der Waals surface area contributed by atoms with Crippen molar-refractivity contribution in [1.29, 1.82) is 0 Å². The number of anilines is 1. The van der Waals surface area contributed by atoms with E-state index in [4.69, 9.17) is 23.2 Å². The van der Waals surface area contributed by atoms with Crippen LogP contribution in [0.2, 0.25) is 10.0 Å². The van der Waals surface area contributed by atoms with Crippen LogP contribution in [0.4, 0.5) is 5.69 Å². The lowest BCUT2D eigenvalue weighted by Gasteiger charge is -2.24. The molecule has 106 valence electrons. The molecule has 1 saturated heterocycles. The molecule has 2 fully saturated rings. The quantitative estimate of drug-likeness (QED) is 0.912. The molecule has 2 aliphatic rings. The Bertz CT molecular complexity index is 552.